The van der Waals surface area contributed by atoms with Gasteiger partial charge in [-0.25, -0.2) is 10.2 Å². The van der Waals surface area contributed by atoms with Crippen LogP contribution in [0.5, 0.6) is 5.75 Å². The van der Waals surface area contributed by atoms with Crippen molar-refractivity contribution in [1.82, 2.24) is 5.43 Å². The van der Waals surface area contributed by atoms with Crippen LogP contribution in [0.15, 0.2) is 77.9 Å². The van der Waals surface area contributed by atoms with Crippen molar-refractivity contribution in [2.24, 2.45) is 5.10 Å². The first kappa shape index (κ1) is 19.6. The lowest BCUT2D eigenvalue weighted by molar-refractivity contribution is 0.0734. The van der Waals surface area contributed by atoms with E-state index in [1.165, 1.54) is 18.3 Å². The molecule has 140 valence electrons. The van der Waals surface area contributed by atoms with Crippen LogP contribution in [0.2, 0.25) is 10.0 Å². The Balaban J connectivity index is 1.57. The smallest absolute Gasteiger partial charge is 0.343 e. The van der Waals surface area contributed by atoms with Crippen LogP contribution in [-0.2, 0) is 0 Å². The number of rotatable bonds is 5. The maximum absolute atomic E-state index is 12.0. The first-order chi connectivity index (χ1) is 13.5. The molecule has 0 bridgehead atoms. The van der Waals surface area contributed by atoms with E-state index in [1.54, 1.807) is 54.6 Å². The van der Waals surface area contributed by atoms with Crippen LogP contribution < -0.4 is 10.2 Å². The fraction of sp³-hybridized carbons (Fsp3) is 0. The van der Waals surface area contributed by atoms with Gasteiger partial charge in [0.2, 0.25) is 0 Å². The monoisotopic (exact) mass is 412 g/mol. The minimum absolute atomic E-state index is 0.291. The molecule has 3 rings (SSSR count). The second kappa shape index (κ2) is 9.17. The van der Waals surface area contributed by atoms with Crippen LogP contribution in [-0.4, -0.2) is 18.1 Å². The molecule has 0 heterocycles. The van der Waals surface area contributed by atoms with Crippen molar-refractivity contribution in [1.29, 1.82) is 0 Å². The molecule has 5 nitrogen and oxygen atoms in total. The van der Waals surface area contributed by atoms with Gasteiger partial charge in [-0.15, -0.1) is 0 Å². The molecule has 0 aromatic heterocycles. The normalized spacial score (nSPS) is 10.6. The second-order valence-electron chi connectivity index (χ2n) is 5.65. The van der Waals surface area contributed by atoms with Crippen LogP contribution >= 0.6 is 23.2 Å². The summed E-state index contributed by atoms with van der Waals surface area (Å²) in [4.78, 5) is 24.0. The van der Waals surface area contributed by atoms with E-state index in [1.807, 2.05) is 6.07 Å². The highest BCUT2D eigenvalue weighted by atomic mass is 35.5. The Kier molecular flexibility index (Phi) is 6.42. The number of amides is 1. The van der Waals surface area contributed by atoms with Gasteiger partial charge in [0.05, 0.1) is 21.8 Å². The van der Waals surface area contributed by atoms with Crippen molar-refractivity contribution < 1.29 is 14.3 Å². The van der Waals surface area contributed by atoms with Gasteiger partial charge in [-0.2, -0.15) is 5.10 Å². The zero-order valence-corrected chi connectivity index (χ0v) is 15.9. The molecule has 3 aromatic carbocycles. The Morgan fingerprint density at radius 2 is 1.57 bits per heavy atom. The molecular weight excluding hydrogens is 399 g/mol. The summed E-state index contributed by atoms with van der Waals surface area (Å²) in [5.74, 6) is -0.440. The van der Waals surface area contributed by atoms with Crippen LogP contribution in [0, 0.1) is 0 Å². The fourth-order valence-corrected chi connectivity index (χ4v) is 2.53. The van der Waals surface area contributed by atoms with Crippen molar-refractivity contribution in [3.8, 4) is 5.75 Å². The highest BCUT2D eigenvalue weighted by Gasteiger charge is 2.08. The Hall–Kier alpha value is -3.15. The molecule has 0 radical (unpaired) electrons. The lowest BCUT2D eigenvalue weighted by Crippen LogP contribution is -2.17. The minimum atomic E-state index is -0.434. The number of hydrogen-bond acceptors (Lipinski definition) is 4. The number of carbonyl (C=O) groups excluding carboxylic acids is 2. The fourth-order valence-electron chi connectivity index (χ4n) is 2.23. The minimum Gasteiger partial charge on any atom is -0.423 e. The molecule has 1 amide bonds. The van der Waals surface area contributed by atoms with Gasteiger partial charge in [0.15, 0.2) is 0 Å². The van der Waals surface area contributed by atoms with E-state index >= 15 is 0 Å². The highest BCUT2D eigenvalue weighted by molar-refractivity contribution is 6.42. The van der Waals surface area contributed by atoms with Gasteiger partial charge in [-0.05, 0) is 60.2 Å². The van der Waals surface area contributed by atoms with Gasteiger partial charge >= 0.3 is 5.97 Å². The topological polar surface area (TPSA) is 67.8 Å². The first-order valence-electron chi connectivity index (χ1n) is 8.19. The van der Waals surface area contributed by atoms with E-state index in [9.17, 15) is 9.59 Å². The lowest BCUT2D eigenvalue weighted by Gasteiger charge is -2.04. The van der Waals surface area contributed by atoms with Crippen LogP contribution in [0.25, 0.3) is 0 Å². The summed E-state index contributed by atoms with van der Waals surface area (Å²) < 4.78 is 5.30. The Morgan fingerprint density at radius 1 is 0.857 bits per heavy atom. The molecule has 1 N–H and O–H groups in total. The molecule has 28 heavy (non-hydrogen) atoms. The third-order valence-corrected chi connectivity index (χ3v) is 4.40. The van der Waals surface area contributed by atoms with Crippen molar-refractivity contribution in [2.75, 3.05) is 0 Å². The Labute approximate surface area is 171 Å². The highest BCUT2D eigenvalue weighted by Crippen LogP contribution is 2.22. The van der Waals surface area contributed by atoms with Crippen molar-refractivity contribution >= 4 is 41.3 Å². The van der Waals surface area contributed by atoms with Crippen LogP contribution in [0.1, 0.15) is 26.3 Å². The van der Waals surface area contributed by atoms with Crippen LogP contribution in [0.3, 0.4) is 0 Å². The van der Waals surface area contributed by atoms with E-state index < -0.39 is 11.9 Å². The number of benzene rings is 3. The number of ether oxygens (including phenoxy) is 1. The van der Waals surface area contributed by atoms with Gasteiger partial charge < -0.3 is 4.74 Å². The maximum atomic E-state index is 12.0. The molecule has 0 spiro atoms. The molecule has 0 aliphatic heterocycles. The SMILES string of the molecule is O=C(N/N=C\c1ccc(OC(=O)c2ccccc2)cc1)c1ccc(Cl)c(Cl)c1. The predicted molar refractivity (Wildman–Crippen MR) is 109 cm³/mol. The summed E-state index contributed by atoms with van der Waals surface area (Å²) in [7, 11) is 0. The third kappa shape index (κ3) is 5.19. The van der Waals surface area contributed by atoms with Gasteiger partial charge in [0.1, 0.15) is 5.75 Å². The lowest BCUT2D eigenvalue weighted by atomic mass is 10.2. The molecule has 0 aliphatic rings. The van der Waals surface area contributed by atoms with E-state index in [2.05, 4.69) is 10.5 Å². The van der Waals surface area contributed by atoms with Crippen molar-refractivity contribution in [2.45, 2.75) is 0 Å². The number of hydrogen-bond donors (Lipinski definition) is 1. The molecule has 0 atom stereocenters. The third-order valence-electron chi connectivity index (χ3n) is 3.66. The standard InChI is InChI=1S/C21H14Cl2N2O3/c22-18-11-8-16(12-19(18)23)20(26)25-24-13-14-6-9-17(10-7-14)28-21(27)15-4-2-1-3-5-15/h1-13H,(H,25,26)/b24-13-. The average Bonchev–Trinajstić information content (AvgIpc) is 2.72. The van der Waals surface area contributed by atoms with Crippen molar-refractivity contribution in [3.63, 3.8) is 0 Å². The second-order valence-corrected chi connectivity index (χ2v) is 6.47. The summed E-state index contributed by atoms with van der Waals surface area (Å²) in [6, 6.07) is 20.0. The molecule has 0 saturated carbocycles. The molecule has 0 fully saturated rings. The Bertz CT molecular complexity index is 1020. The van der Waals surface area contributed by atoms with Gasteiger partial charge in [-0.3, -0.25) is 4.79 Å². The zero-order chi connectivity index (χ0) is 19.9. The number of hydrazone groups is 1. The van der Waals surface area contributed by atoms with E-state index in [0.717, 1.165) is 0 Å². The number of carbonyl (C=O) groups is 2. The summed E-state index contributed by atoms with van der Waals surface area (Å²) >= 11 is 11.7. The average molecular weight is 413 g/mol. The quantitative estimate of drug-likeness (QED) is 0.278. The summed E-state index contributed by atoms with van der Waals surface area (Å²) in [6.45, 7) is 0. The van der Waals surface area contributed by atoms with Crippen LogP contribution in [0.4, 0.5) is 0 Å². The van der Waals surface area contributed by atoms with Gasteiger partial charge in [0, 0.05) is 5.56 Å². The van der Waals surface area contributed by atoms with E-state index in [0.29, 0.717) is 32.5 Å². The van der Waals surface area contributed by atoms with Gasteiger partial charge in [0.25, 0.3) is 5.91 Å². The summed E-state index contributed by atoms with van der Waals surface area (Å²) in [5.41, 5.74) is 3.94. The molecule has 0 unspecified atom stereocenters. The molecular formula is C21H14Cl2N2O3. The predicted octanol–water partition coefficient (Wildman–Crippen LogP) is 4.98. The molecule has 7 heteroatoms. The maximum Gasteiger partial charge on any atom is 0.343 e. The van der Waals surface area contributed by atoms with Crippen molar-refractivity contribution in [3.05, 3.63) is 99.5 Å². The molecule has 3 aromatic rings. The summed E-state index contributed by atoms with van der Waals surface area (Å²) in [6.07, 6.45) is 1.47. The number of nitrogens with zero attached hydrogens (tertiary/aromatic N) is 1. The Morgan fingerprint density at radius 3 is 2.25 bits per heavy atom. The summed E-state index contributed by atoms with van der Waals surface area (Å²) in [5, 5.41) is 4.56. The molecule has 0 aliphatic carbocycles. The number of nitrogens with one attached hydrogen (secondary N) is 1. The van der Waals surface area contributed by atoms with Gasteiger partial charge in [-0.1, -0.05) is 41.4 Å². The van der Waals surface area contributed by atoms with E-state index in [-0.39, 0.29) is 0 Å². The number of esters is 1. The van der Waals surface area contributed by atoms with E-state index in [4.69, 9.17) is 27.9 Å². The molecule has 0 saturated heterocycles. The zero-order valence-electron chi connectivity index (χ0n) is 14.4. The largest absolute Gasteiger partial charge is 0.423 e. The first-order valence-corrected chi connectivity index (χ1v) is 8.94. The number of halogens is 2.